The lowest BCUT2D eigenvalue weighted by molar-refractivity contribution is -0.135. The van der Waals surface area contributed by atoms with Crippen LogP contribution in [0.5, 0.6) is 0 Å². The Morgan fingerprint density at radius 1 is 1.41 bits per heavy atom. The third-order valence-electron chi connectivity index (χ3n) is 3.23. The van der Waals surface area contributed by atoms with Crippen LogP contribution in [-0.4, -0.2) is 28.9 Å². The SMILES string of the molecule is CC(C)CN(CCC(N)=S)C(=O)C1CCCC1. The molecule has 1 aliphatic carbocycles. The highest BCUT2D eigenvalue weighted by Crippen LogP contribution is 2.26. The Balaban J connectivity index is 2.53. The van der Waals surface area contributed by atoms with Gasteiger partial charge in [-0.25, -0.2) is 0 Å². The summed E-state index contributed by atoms with van der Waals surface area (Å²) in [6.07, 6.45) is 5.14. The maximum atomic E-state index is 12.3. The fraction of sp³-hybridized carbons (Fsp3) is 0.846. The molecule has 0 saturated heterocycles. The van der Waals surface area contributed by atoms with Crippen LogP contribution in [0.3, 0.4) is 0 Å². The number of thiocarbonyl (C=S) groups is 1. The number of nitrogens with zero attached hydrogens (tertiary/aromatic N) is 1. The molecule has 0 atom stereocenters. The molecule has 0 aromatic rings. The Hall–Kier alpha value is -0.640. The highest BCUT2D eigenvalue weighted by molar-refractivity contribution is 7.80. The van der Waals surface area contributed by atoms with Crippen molar-refractivity contribution in [2.75, 3.05) is 13.1 Å². The fourth-order valence-electron chi connectivity index (χ4n) is 2.41. The van der Waals surface area contributed by atoms with Gasteiger partial charge in [-0.2, -0.15) is 0 Å². The van der Waals surface area contributed by atoms with Crippen LogP contribution < -0.4 is 5.73 Å². The van der Waals surface area contributed by atoms with Crippen molar-refractivity contribution in [2.45, 2.75) is 46.0 Å². The standard InChI is InChI=1S/C13H24N2OS/c1-10(2)9-15(8-7-12(14)17)13(16)11-5-3-4-6-11/h10-11H,3-9H2,1-2H3,(H2,14,17). The summed E-state index contributed by atoms with van der Waals surface area (Å²) in [5, 5.41) is 0. The van der Waals surface area contributed by atoms with Crippen LogP contribution in [0.1, 0.15) is 46.0 Å². The van der Waals surface area contributed by atoms with Gasteiger partial charge < -0.3 is 10.6 Å². The zero-order valence-corrected chi connectivity index (χ0v) is 11.8. The summed E-state index contributed by atoms with van der Waals surface area (Å²) in [7, 11) is 0. The molecule has 2 N–H and O–H groups in total. The predicted molar refractivity (Wildman–Crippen MR) is 74.8 cm³/mol. The molecule has 17 heavy (non-hydrogen) atoms. The molecule has 0 bridgehead atoms. The van der Waals surface area contributed by atoms with Crippen LogP contribution in [0, 0.1) is 11.8 Å². The second-order valence-corrected chi connectivity index (χ2v) is 5.90. The first-order chi connectivity index (χ1) is 8.00. The van der Waals surface area contributed by atoms with Crippen LogP contribution in [0.2, 0.25) is 0 Å². The Bertz CT molecular complexity index is 273. The fourth-order valence-corrected chi connectivity index (χ4v) is 2.50. The largest absolute Gasteiger partial charge is 0.393 e. The second kappa shape index (κ2) is 6.94. The van der Waals surface area contributed by atoms with Gasteiger partial charge in [0.2, 0.25) is 5.91 Å². The monoisotopic (exact) mass is 256 g/mol. The quantitative estimate of drug-likeness (QED) is 0.742. The molecule has 1 amide bonds. The van der Waals surface area contributed by atoms with E-state index in [9.17, 15) is 4.79 Å². The van der Waals surface area contributed by atoms with Crippen molar-refractivity contribution < 1.29 is 4.79 Å². The summed E-state index contributed by atoms with van der Waals surface area (Å²) in [6.45, 7) is 5.77. The molecule has 0 aromatic heterocycles. The minimum absolute atomic E-state index is 0.250. The minimum atomic E-state index is 0.250. The molecule has 0 aliphatic heterocycles. The molecule has 0 heterocycles. The number of hydrogen-bond donors (Lipinski definition) is 1. The molecular formula is C13H24N2OS. The molecule has 1 fully saturated rings. The van der Waals surface area contributed by atoms with E-state index in [-0.39, 0.29) is 5.92 Å². The summed E-state index contributed by atoms with van der Waals surface area (Å²) >= 11 is 4.89. The normalized spacial score (nSPS) is 16.4. The highest BCUT2D eigenvalue weighted by Gasteiger charge is 2.27. The van der Waals surface area contributed by atoms with Gasteiger partial charge in [-0.1, -0.05) is 38.9 Å². The molecule has 4 heteroatoms. The lowest BCUT2D eigenvalue weighted by Crippen LogP contribution is -2.39. The Labute approximate surface area is 110 Å². The molecule has 0 aromatic carbocycles. The number of rotatable bonds is 6. The van der Waals surface area contributed by atoms with Gasteiger partial charge in [0, 0.05) is 25.4 Å². The van der Waals surface area contributed by atoms with Crippen molar-refractivity contribution in [3.05, 3.63) is 0 Å². The molecule has 0 spiro atoms. The molecule has 3 nitrogen and oxygen atoms in total. The van der Waals surface area contributed by atoms with E-state index in [0.717, 1.165) is 19.4 Å². The average molecular weight is 256 g/mol. The molecule has 1 saturated carbocycles. The Morgan fingerprint density at radius 3 is 2.47 bits per heavy atom. The van der Waals surface area contributed by atoms with Crippen LogP contribution in [0.4, 0.5) is 0 Å². The van der Waals surface area contributed by atoms with Crippen LogP contribution in [-0.2, 0) is 4.79 Å². The molecule has 0 radical (unpaired) electrons. The number of carbonyl (C=O) groups is 1. The van der Waals surface area contributed by atoms with E-state index in [2.05, 4.69) is 13.8 Å². The maximum Gasteiger partial charge on any atom is 0.225 e. The summed E-state index contributed by atoms with van der Waals surface area (Å²) < 4.78 is 0. The van der Waals surface area contributed by atoms with Crippen molar-refractivity contribution in [3.63, 3.8) is 0 Å². The van der Waals surface area contributed by atoms with Gasteiger partial charge in [0.1, 0.15) is 0 Å². The summed E-state index contributed by atoms with van der Waals surface area (Å²) in [6, 6.07) is 0. The smallest absolute Gasteiger partial charge is 0.225 e. The van der Waals surface area contributed by atoms with Gasteiger partial charge in [0.15, 0.2) is 0 Å². The van der Waals surface area contributed by atoms with E-state index in [1.807, 2.05) is 4.90 Å². The van der Waals surface area contributed by atoms with E-state index < -0.39 is 0 Å². The first-order valence-corrected chi connectivity index (χ1v) is 6.98. The van der Waals surface area contributed by atoms with Crippen molar-refractivity contribution in [3.8, 4) is 0 Å². The maximum absolute atomic E-state index is 12.3. The molecule has 1 aliphatic rings. The molecule has 1 rings (SSSR count). The van der Waals surface area contributed by atoms with Gasteiger partial charge in [0.25, 0.3) is 0 Å². The van der Waals surface area contributed by atoms with Gasteiger partial charge in [-0.05, 0) is 18.8 Å². The summed E-state index contributed by atoms with van der Waals surface area (Å²) in [4.78, 5) is 14.8. The highest BCUT2D eigenvalue weighted by atomic mass is 32.1. The van der Waals surface area contributed by atoms with Gasteiger partial charge >= 0.3 is 0 Å². The van der Waals surface area contributed by atoms with Crippen molar-refractivity contribution in [2.24, 2.45) is 17.6 Å². The van der Waals surface area contributed by atoms with E-state index in [4.69, 9.17) is 18.0 Å². The van der Waals surface area contributed by atoms with E-state index in [1.54, 1.807) is 0 Å². The number of carbonyl (C=O) groups excluding carboxylic acids is 1. The second-order valence-electron chi connectivity index (χ2n) is 5.38. The predicted octanol–water partition coefficient (Wildman–Crippen LogP) is 2.34. The third-order valence-corrected chi connectivity index (χ3v) is 3.43. The van der Waals surface area contributed by atoms with Crippen LogP contribution in [0.15, 0.2) is 0 Å². The van der Waals surface area contributed by atoms with Crippen LogP contribution in [0.25, 0.3) is 0 Å². The van der Waals surface area contributed by atoms with Crippen molar-refractivity contribution >= 4 is 23.1 Å². The zero-order chi connectivity index (χ0) is 12.8. The lowest BCUT2D eigenvalue weighted by atomic mass is 10.1. The summed E-state index contributed by atoms with van der Waals surface area (Å²) in [5.41, 5.74) is 5.52. The van der Waals surface area contributed by atoms with E-state index in [1.165, 1.54) is 12.8 Å². The third kappa shape index (κ3) is 5.02. The topological polar surface area (TPSA) is 46.3 Å². The number of hydrogen-bond acceptors (Lipinski definition) is 2. The summed E-state index contributed by atoms with van der Waals surface area (Å²) in [5.74, 6) is 1.05. The molecular weight excluding hydrogens is 232 g/mol. The average Bonchev–Trinajstić information content (AvgIpc) is 2.75. The first kappa shape index (κ1) is 14.4. The van der Waals surface area contributed by atoms with Crippen molar-refractivity contribution in [1.82, 2.24) is 4.90 Å². The Kier molecular flexibility index (Phi) is 5.89. The van der Waals surface area contributed by atoms with Gasteiger partial charge in [-0.15, -0.1) is 0 Å². The lowest BCUT2D eigenvalue weighted by Gasteiger charge is -2.27. The molecule has 0 unspecified atom stereocenters. The minimum Gasteiger partial charge on any atom is -0.393 e. The van der Waals surface area contributed by atoms with Crippen LogP contribution >= 0.6 is 12.2 Å². The first-order valence-electron chi connectivity index (χ1n) is 6.57. The number of amides is 1. The Morgan fingerprint density at radius 2 is 2.00 bits per heavy atom. The van der Waals surface area contributed by atoms with Gasteiger partial charge in [-0.3, -0.25) is 4.79 Å². The number of nitrogens with two attached hydrogens (primary N) is 1. The van der Waals surface area contributed by atoms with E-state index in [0.29, 0.717) is 29.8 Å². The van der Waals surface area contributed by atoms with E-state index >= 15 is 0 Å². The zero-order valence-electron chi connectivity index (χ0n) is 10.9. The van der Waals surface area contributed by atoms with Crippen molar-refractivity contribution in [1.29, 1.82) is 0 Å². The molecule has 98 valence electrons. The van der Waals surface area contributed by atoms with Gasteiger partial charge in [0.05, 0.1) is 4.99 Å².